The summed E-state index contributed by atoms with van der Waals surface area (Å²) in [7, 11) is 1.58. The van der Waals surface area contributed by atoms with Crippen LogP contribution in [0.2, 0.25) is 0 Å². The number of rotatable bonds is 6. The molecule has 0 saturated carbocycles. The van der Waals surface area contributed by atoms with Crippen molar-refractivity contribution < 1.29 is 18.7 Å². The van der Waals surface area contributed by atoms with Crippen molar-refractivity contribution in [2.24, 2.45) is 0 Å². The van der Waals surface area contributed by atoms with Gasteiger partial charge in [0.15, 0.2) is 5.76 Å². The molecule has 0 radical (unpaired) electrons. The fourth-order valence-electron chi connectivity index (χ4n) is 3.08. The Kier molecular flexibility index (Phi) is 5.80. The summed E-state index contributed by atoms with van der Waals surface area (Å²) in [6, 6.07) is 23.8. The number of anilines is 1. The van der Waals surface area contributed by atoms with Crippen molar-refractivity contribution in [3.8, 4) is 5.75 Å². The quantitative estimate of drug-likeness (QED) is 0.444. The predicted octanol–water partition coefficient (Wildman–Crippen LogP) is 4.85. The Bertz CT molecular complexity index is 1240. The average molecular weight is 412 g/mol. The van der Waals surface area contributed by atoms with Crippen LogP contribution in [0.25, 0.3) is 16.8 Å². The fourth-order valence-corrected chi connectivity index (χ4v) is 3.08. The molecular formula is C25H20N2O4. The van der Waals surface area contributed by atoms with Crippen LogP contribution in [0.1, 0.15) is 16.1 Å². The number of benzene rings is 3. The molecule has 6 nitrogen and oxygen atoms in total. The van der Waals surface area contributed by atoms with Crippen LogP contribution in [0, 0.1) is 0 Å². The number of ether oxygens (including phenoxy) is 1. The van der Waals surface area contributed by atoms with Gasteiger partial charge in [-0.1, -0.05) is 42.5 Å². The Morgan fingerprint density at radius 3 is 2.39 bits per heavy atom. The minimum Gasteiger partial charge on any atom is -0.497 e. The lowest BCUT2D eigenvalue weighted by atomic mass is 10.1. The maximum absolute atomic E-state index is 13.0. The molecule has 0 unspecified atom stereocenters. The van der Waals surface area contributed by atoms with Gasteiger partial charge in [0.1, 0.15) is 11.4 Å². The minimum atomic E-state index is -0.515. The SMILES string of the molecule is COc1ccc(/C=C(\NC(=O)c2ccco2)C(=O)Nc2ccc3ccccc3c2)cc1. The Morgan fingerprint density at radius 1 is 0.903 bits per heavy atom. The first-order valence-electron chi connectivity index (χ1n) is 9.63. The van der Waals surface area contributed by atoms with E-state index in [1.54, 1.807) is 43.5 Å². The van der Waals surface area contributed by atoms with Gasteiger partial charge in [-0.15, -0.1) is 0 Å². The molecule has 0 aliphatic heterocycles. The second kappa shape index (κ2) is 9.00. The highest BCUT2D eigenvalue weighted by Crippen LogP contribution is 2.20. The summed E-state index contributed by atoms with van der Waals surface area (Å²) in [6.45, 7) is 0. The number of hydrogen-bond acceptors (Lipinski definition) is 4. The van der Waals surface area contributed by atoms with Gasteiger partial charge in [-0.2, -0.15) is 0 Å². The van der Waals surface area contributed by atoms with Crippen LogP contribution < -0.4 is 15.4 Å². The number of furan rings is 1. The summed E-state index contributed by atoms with van der Waals surface area (Å²) >= 11 is 0. The molecule has 4 aromatic rings. The highest BCUT2D eigenvalue weighted by atomic mass is 16.5. The summed E-state index contributed by atoms with van der Waals surface area (Å²) in [6.07, 6.45) is 2.99. The largest absolute Gasteiger partial charge is 0.497 e. The maximum atomic E-state index is 13.0. The average Bonchev–Trinajstić information content (AvgIpc) is 3.34. The van der Waals surface area contributed by atoms with E-state index in [0.717, 1.165) is 16.3 Å². The number of carbonyl (C=O) groups is 2. The molecule has 0 spiro atoms. The number of fused-ring (bicyclic) bond motifs is 1. The molecule has 3 aromatic carbocycles. The molecule has 2 N–H and O–H groups in total. The van der Waals surface area contributed by atoms with Crippen LogP contribution in [-0.2, 0) is 4.79 Å². The van der Waals surface area contributed by atoms with Crippen molar-refractivity contribution in [2.45, 2.75) is 0 Å². The fraction of sp³-hybridized carbons (Fsp3) is 0.0400. The zero-order chi connectivity index (χ0) is 21.6. The van der Waals surface area contributed by atoms with E-state index in [1.165, 1.54) is 12.3 Å². The summed E-state index contributed by atoms with van der Waals surface area (Å²) in [5.41, 5.74) is 1.43. The molecule has 31 heavy (non-hydrogen) atoms. The summed E-state index contributed by atoms with van der Waals surface area (Å²) in [4.78, 5) is 25.5. The standard InChI is InChI=1S/C25H20N2O4/c1-30-21-12-8-17(9-13-21)15-22(27-25(29)23-7-4-14-31-23)24(28)26-20-11-10-18-5-2-3-6-19(18)16-20/h2-16H,1H3,(H,26,28)(H,27,29)/b22-15-. The zero-order valence-electron chi connectivity index (χ0n) is 16.8. The lowest BCUT2D eigenvalue weighted by Crippen LogP contribution is -2.30. The first-order chi connectivity index (χ1) is 15.1. The number of carbonyl (C=O) groups excluding carboxylic acids is 2. The van der Waals surface area contributed by atoms with E-state index in [0.29, 0.717) is 11.4 Å². The van der Waals surface area contributed by atoms with Crippen LogP contribution in [0.4, 0.5) is 5.69 Å². The van der Waals surface area contributed by atoms with E-state index >= 15 is 0 Å². The molecule has 0 fully saturated rings. The Hall–Kier alpha value is -4.32. The zero-order valence-corrected chi connectivity index (χ0v) is 16.8. The van der Waals surface area contributed by atoms with Crippen LogP contribution in [-0.4, -0.2) is 18.9 Å². The molecule has 0 atom stereocenters. The Morgan fingerprint density at radius 2 is 1.68 bits per heavy atom. The third-order valence-corrected chi connectivity index (χ3v) is 4.67. The van der Waals surface area contributed by atoms with Crippen molar-refractivity contribution in [1.29, 1.82) is 0 Å². The van der Waals surface area contributed by atoms with Gasteiger partial charge in [0.2, 0.25) is 0 Å². The predicted molar refractivity (Wildman–Crippen MR) is 120 cm³/mol. The first kappa shape index (κ1) is 20.0. The minimum absolute atomic E-state index is 0.0831. The van der Waals surface area contributed by atoms with E-state index in [1.807, 2.05) is 42.5 Å². The number of nitrogens with one attached hydrogen (secondary N) is 2. The lowest BCUT2D eigenvalue weighted by Gasteiger charge is -2.11. The number of hydrogen-bond donors (Lipinski definition) is 2. The van der Waals surface area contributed by atoms with E-state index in [2.05, 4.69) is 10.6 Å². The Balaban J connectivity index is 1.61. The van der Waals surface area contributed by atoms with Crippen molar-refractivity contribution in [3.05, 3.63) is 102 Å². The van der Waals surface area contributed by atoms with Crippen LogP contribution >= 0.6 is 0 Å². The molecule has 1 aromatic heterocycles. The van der Waals surface area contributed by atoms with E-state index in [4.69, 9.17) is 9.15 Å². The maximum Gasteiger partial charge on any atom is 0.291 e. The van der Waals surface area contributed by atoms with Gasteiger partial charge in [0, 0.05) is 5.69 Å². The molecular weight excluding hydrogens is 392 g/mol. The van der Waals surface area contributed by atoms with Crippen molar-refractivity contribution in [1.82, 2.24) is 5.32 Å². The van der Waals surface area contributed by atoms with Crippen LogP contribution in [0.5, 0.6) is 5.75 Å². The van der Waals surface area contributed by atoms with Crippen LogP contribution in [0.15, 0.2) is 95.2 Å². The first-order valence-corrected chi connectivity index (χ1v) is 9.63. The molecule has 1 heterocycles. The lowest BCUT2D eigenvalue weighted by molar-refractivity contribution is -0.113. The van der Waals surface area contributed by atoms with Gasteiger partial charge >= 0.3 is 0 Å². The smallest absolute Gasteiger partial charge is 0.291 e. The van der Waals surface area contributed by atoms with Crippen LogP contribution in [0.3, 0.4) is 0 Å². The number of amides is 2. The molecule has 0 aliphatic rings. The highest BCUT2D eigenvalue weighted by molar-refractivity contribution is 6.10. The molecule has 2 amide bonds. The van der Waals surface area contributed by atoms with E-state index < -0.39 is 11.8 Å². The van der Waals surface area contributed by atoms with Crippen molar-refractivity contribution in [3.63, 3.8) is 0 Å². The van der Waals surface area contributed by atoms with Gasteiger partial charge in [-0.05, 0) is 58.8 Å². The van der Waals surface area contributed by atoms with Gasteiger partial charge in [-0.3, -0.25) is 9.59 Å². The third-order valence-electron chi connectivity index (χ3n) is 4.67. The van der Waals surface area contributed by atoms with E-state index in [9.17, 15) is 9.59 Å². The normalized spacial score (nSPS) is 11.2. The second-order valence-electron chi connectivity index (χ2n) is 6.78. The number of methoxy groups -OCH3 is 1. The van der Waals surface area contributed by atoms with E-state index in [-0.39, 0.29) is 11.5 Å². The molecule has 0 saturated heterocycles. The molecule has 4 rings (SSSR count). The van der Waals surface area contributed by atoms with Gasteiger partial charge < -0.3 is 19.8 Å². The van der Waals surface area contributed by atoms with Crippen molar-refractivity contribution in [2.75, 3.05) is 12.4 Å². The highest BCUT2D eigenvalue weighted by Gasteiger charge is 2.17. The molecule has 0 aliphatic carbocycles. The van der Waals surface area contributed by atoms with Gasteiger partial charge in [-0.25, -0.2) is 0 Å². The monoisotopic (exact) mass is 412 g/mol. The summed E-state index contributed by atoms with van der Waals surface area (Å²) in [5, 5.41) is 7.56. The molecule has 154 valence electrons. The van der Waals surface area contributed by atoms with Gasteiger partial charge in [0.05, 0.1) is 13.4 Å². The molecule has 6 heteroatoms. The third kappa shape index (κ3) is 4.82. The van der Waals surface area contributed by atoms with Gasteiger partial charge in [0.25, 0.3) is 11.8 Å². The second-order valence-corrected chi connectivity index (χ2v) is 6.78. The summed E-state index contributed by atoms with van der Waals surface area (Å²) in [5.74, 6) is -0.164. The topological polar surface area (TPSA) is 80.6 Å². The Labute approximate surface area is 179 Å². The van der Waals surface area contributed by atoms with Crippen molar-refractivity contribution >= 4 is 34.4 Å². The molecule has 0 bridgehead atoms. The summed E-state index contributed by atoms with van der Waals surface area (Å²) < 4.78 is 10.3.